The fraction of sp³-hybridized carbons (Fsp3) is 0.579. The molecule has 1 aromatic rings. The number of carboxylic acids is 1. The van der Waals surface area contributed by atoms with Crippen molar-refractivity contribution in [3.63, 3.8) is 0 Å². The van der Waals surface area contributed by atoms with Crippen LogP contribution in [0.5, 0.6) is 11.5 Å². The van der Waals surface area contributed by atoms with Crippen molar-refractivity contribution < 1.29 is 24.2 Å². The minimum Gasteiger partial charge on any atom is -0.486 e. The van der Waals surface area contributed by atoms with Gasteiger partial charge in [-0.15, -0.1) is 0 Å². The second kappa shape index (κ2) is 6.24. The number of para-hydroxylation sites is 1. The van der Waals surface area contributed by atoms with Gasteiger partial charge in [0.05, 0.1) is 11.5 Å². The maximum Gasteiger partial charge on any atom is 0.310 e. The van der Waals surface area contributed by atoms with Gasteiger partial charge in [-0.1, -0.05) is 18.6 Å². The van der Waals surface area contributed by atoms with Crippen molar-refractivity contribution in [2.75, 3.05) is 19.8 Å². The van der Waals surface area contributed by atoms with Crippen molar-refractivity contribution in [2.45, 2.75) is 44.6 Å². The largest absolute Gasteiger partial charge is 0.486 e. The molecule has 1 aliphatic carbocycles. The molecule has 0 aromatic heterocycles. The number of hydrogen-bond donors (Lipinski definition) is 1. The Bertz CT molecular complexity index is 697. The molecule has 0 radical (unpaired) electrons. The Morgan fingerprint density at radius 1 is 1.20 bits per heavy atom. The maximum atomic E-state index is 12.9. The van der Waals surface area contributed by atoms with Gasteiger partial charge in [-0.3, -0.25) is 9.59 Å². The van der Waals surface area contributed by atoms with E-state index in [9.17, 15) is 14.7 Å². The van der Waals surface area contributed by atoms with E-state index in [0.29, 0.717) is 32.6 Å². The molecular formula is C19H23NO5. The Balaban J connectivity index is 1.57. The van der Waals surface area contributed by atoms with Gasteiger partial charge in [0.1, 0.15) is 13.2 Å². The highest BCUT2D eigenvalue weighted by Gasteiger charge is 2.47. The lowest BCUT2D eigenvalue weighted by Gasteiger charge is -2.39. The molecule has 1 saturated heterocycles. The molecule has 2 fully saturated rings. The minimum atomic E-state index is -0.847. The molecule has 1 aromatic carbocycles. The Morgan fingerprint density at radius 2 is 2.00 bits per heavy atom. The van der Waals surface area contributed by atoms with Crippen molar-refractivity contribution in [3.8, 4) is 11.5 Å². The third-order valence-corrected chi connectivity index (χ3v) is 5.78. The summed E-state index contributed by atoms with van der Waals surface area (Å²) in [6.45, 7) is 1.71. The van der Waals surface area contributed by atoms with Gasteiger partial charge in [-0.25, -0.2) is 0 Å². The van der Waals surface area contributed by atoms with E-state index in [1.807, 2.05) is 23.1 Å². The number of carbonyl (C=O) groups is 2. The molecule has 1 saturated carbocycles. The van der Waals surface area contributed by atoms with Crippen LogP contribution in [-0.2, 0) is 9.59 Å². The van der Waals surface area contributed by atoms with Crippen LogP contribution in [0.4, 0.5) is 0 Å². The number of fused-ring (bicyclic) bond motifs is 1. The van der Waals surface area contributed by atoms with E-state index in [0.717, 1.165) is 36.3 Å². The molecule has 1 unspecified atom stereocenters. The minimum absolute atomic E-state index is 0.0565. The maximum absolute atomic E-state index is 12.9. The van der Waals surface area contributed by atoms with Crippen LogP contribution in [0.15, 0.2) is 18.2 Å². The standard InChI is InChI=1S/C19H23NO5/c21-16(12-19(18(22)23)7-3-8-19)20-9-2-5-14(20)13-4-1-6-15-17(13)25-11-10-24-15/h1,4,6,14H,2-3,5,7-12H2,(H,22,23). The Labute approximate surface area is 146 Å². The van der Waals surface area contributed by atoms with Crippen LogP contribution in [0.2, 0.25) is 0 Å². The number of benzene rings is 1. The van der Waals surface area contributed by atoms with Crippen molar-refractivity contribution in [2.24, 2.45) is 5.41 Å². The molecule has 0 bridgehead atoms. The summed E-state index contributed by atoms with van der Waals surface area (Å²) in [4.78, 5) is 26.3. The Hall–Kier alpha value is -2.24. The summed E-state index contributed by atoms with van der Waals surface area (Å²) < 4.78 is 11.5. The van der Waals surface area contributed by atoms with E-state index in [1.54, 1.807) is 0 Å². The first-order valence-corrected chi connectivity index (χ1v) is 9.02. The first-order chi connectivity index (χ1) is 12.1. The number of nitrogens with zero attached hydrogens (tertiary/aromatic N) is 1. The first-order valence-electron chi connectivity index (χ1n) is 9.02. The van der Waals surface area contributed by atoms with Crippen molar-refractivity contribution in [3.05, 3.63) is 23.8 Å². The van der Waals surface area contributed by atoms with E-state index < -0.39 is 11.4 Å². The fourth-order valence-corrected chi connectivity index (χ4v) is 4.21. The number of rotatable bonds is 4. The summed E-state index contributed by atoms with van der Waals surface area (Å²) in [5, 5.41) is 9.51. The second-order valence-electron chi connectivity index (χ2n) is 7.23. The summed E-state index contributed by atoms with van der Waals surface area (Å²) in [6, 6.07) is 5.73. The highest BCUT2D eigenvalue weighted by atomic mass is 16.6. The number of likely N-dealkylation sites (tertiary alicyclic amines) is 1. The quantitative estimate of drug-likeness (QED) is 0.908. The van der Waals surface area contributed by atoms with E-state index in [4.69, 9.17) is 9.47 Å². The monoisotopic (exact) mass is 345 g/mol. The van der Waals surface area contributed by atoms with Crippen LogP contribution in [0.3, 0.4) is 0 Å². The van der Waals surface area contributed by atoms with E-state index in [2.05, 4.69) is 0 Å². The van der Waals surface area contributed by atoms with Gasteiger partial charge >= 0.3 is 5.97 Å². The zero-order chi connectivity index (χ0) is 17.4. The van der Waals surface area contributed by atoms with Gasteiger partial charge in [-0.05, 0) is 31.7 Å². The van der Waals surface area contributed by atoms with Crippen LogP contribution in [0.1, 0.15) is 50.1 Å². The number of carbonyl (C=O) groups excluding carboxylic acids is 1. The fourth-order valence-electron chi connectivity index (χ4n) is 4.21. The zero-order valence-electron chi connectivity index (χ0n) is 14.2. The molecule has 1 atom stereocenters. The normalized spacial score (nSPS) is 23.8. The smallest absolute Gasteiger partial charge is 0.310 e. The lowest BCUT2D eigenvalue weighted by Crippen LogP contribution is -2.43. The average molecular weight is 345 g/mol. The molecule has 1 amide bonds. The molecule has 25 heavy (non-hydrogen) atoms. The predicted molar refractivity (Wildman–Crippen MR) is 89.7 cm³/mol. The molecule has 134 valence electrons. The predicted octanol–water partition coefficient (Wildman–Crippen LogP) is 2.77. The lowest BCUT2D eigenvalue weighted by molar-refractivity contribution is -0.159. The van der Waals surface area contributed by atoms with Gasteiger partial charge in [0.2, 0.25) is 5.91 Å². The van der Waals surface area contributed by atoms with Gasteiger partial charge in [0, 0.05) is 18.5 Å². The van der Waals surface area contributed by atoms with E-state index >= 15 is 0 Å². The van der Waals surface area contributed by atoms with Crippen LogP contribution in [0.25, 0.3) is 0 Å². The third kappa shape index (κ3) is 2.73. The molecule has 3 aliphatic rings. The zero-order valence-corrected chi connectivity index (χ0v) is 14.2. The van der Waals surface area contributed by atoms with Crippen molar-refractivity contribution in [1.29, 1.82) is 0 Å². The second-order valence-corrected chi connectivity index (χ2v) is 7.23. The van der Waals surface area contributed by atoms with Gasteiger partial charge < -0.3 is 19.5 Å². The summed E-state index contributed by atoms with van der Waals surface area (Å²) in [7, 11) is 0. The molecule has 1 N–H and O–H groups in total. The van der Waals surface area contributed by atoms with E-state index in [1.165, 1.54) is 0 Å². The third-order valence-electron chi connectivity index (χ3n) is 5.78. The Morgan fingerprint density at radius 3 is 2.72 bits per heavy atom. The van der Waals surface area contributed by atoms with Crippen LogP contribution < -0.4 is 9.47 Å². The molecule has 6 heteroatoms. The molecule has 6 nitrogen and oxygen atoms in total. The number of hydrogen-bond acceptors (Lipinski definition) is 4. The average Bonchev–Trinajstić information content (AvgIpc) is 3.06. The molecule has 4 rings (SSSR count). The summed E-state index contributed by atoms with van der Waals surface area (Å²) >= 11 is 0. The Kier molecular flexibility index (Phi) is 4.06. The van der Waals surface area contributed by atoms with Crippen LogP contribution >= 0.6 is 0 Å². The number of aliphatic carboxylic acids is 1. The summed E-state index contributed by atoms with van der Waals surface area (Å²) in [6.07, 6.45) is 3.98. The molecular weight excluding hydrogens is 322 g/mol. The lowest BCUT2D eigenvalue weighted by atomic mass is 9.66. The molecule has 0 spiro atoms. The van der Waals surface area contributed by atoms with Gasteiger partial charge in [-0.2, -0.15) is 0 Å². The van der Waals surface area contributed by atoms with Gasteiger partial charge in [0.15, 0.2) is 11.5 Å². The van der Waals surface area contributed by atoms with Crippen LogP contribution in [0, 0.1) is 5.41 Å². The number of ether oxygens (including phenoxy) is 2. The van der Waals surface area contributed by atoms with Crippen LogP contribution in [-0.4, -0.2) is 41.6 Å². The van der Waals surface area contributed by atoms with Crippen molar-refractivity contribution in [1.82, 2.24) is 4.90 Å². The number of amides is 1. The SMILES string of the molecule is O=C(CC1(C(=O)O)CCC1)N1CCCC1c1cccc2c1OCCO2. The van der Waals surface area contributed by atoms with E-state index in [-0.39, 0.29) is 18.4 Å². The van der Waals surface area contributed by atoms with Gasteiger partial charge in [0.25, 0.3) is 0 Å². The highest BCUT2D eigenvalue weighted by Crippen LogP contribution is 2.47. The highest BCUT2D eigenvalue weighted by molar-refractivity contribution is 5.86. The van der Waals surface area contributed by atoms with Crippen molar-refractivity contribution >= 4 is 11.9 Å². The number of carboxylic acid groups (broad SMARTS) is 1. The summed E-state index contributed by atoms with van der Waals surface area (Å²) in [5.74, 6) is 0.565. The molecule has 2 aliphatic heterocycles. The topological polar surface area (TPSA) is 76.1 Å². The molecule has 2 heterocycles. The first kappa shape index (κ1) is 16.2. The summed E-state index contributed by atoms with van der Waals surface area (Å²) in [5.41, 5.74) is 0.126.